The molecule has 2 saturated carbocycles. The summed E-state index contributed by atoms with van der Waals surface area (Å²) in [5.74, 6) is 3.02. The molecule has 2 bridgehead atoms. The second kappa shape index (κ2) is 10.5. The number of hydrogen-bond donors (Lipinski definition) is 1. The summed E-state index contributed by atoms with van der Waals surface area (Å²) in [6.45, 7) is 5.87. The fourth-order valence-electron chi connectivity index (χ4n) is 7.86. The van der Waals surface area contributed by atoms with Gasteiger partial charge in [-0.25, -0.2) is 4.98 Å². The Hall–Kier alpha value is -3.14. The van der Waals surface area contributed by atoms with Crippen molar-refractivity contribution in [1.29, 1.82) is 0 Å². The molecule has 9 heteroatoms. The van der Waals surface area contributed by atoms with Gasteiger partial charge in [-0.15, -0.1) is 11.3 Å². The first-order valence-electron chi connectivity index (χ1n) is 15.9. The van der Waals surface area contributed by atoms with E-state index in [4.69, 9.17) is 20.2 Å². The van der Waals surface area contributed by atoms with E-state index >= 15 is 0 Å². The van der Waals surface area contributed by atoms with Gasteiger partial charge in [0.05, 0.1) is 23.8 Å². The molecule has 3 aromatic heterocycles. The Morgan fingerprint density at radius 2 is 1.88 bits per heavy atom. The van der Waals surface area contributed by atoms with Gasteiger partial charge in [-0.2, -0.15) is 0 Å². The molecule has 0 spiro atoms. The van der Waals surface area contributed by atoms with E-state index in [-0.39, 0.29) is 18.0 Å². The summed E-state index contributed by atoms with van der Waals surface area (Å²) in [5, 5.41) is 2.27. The van der Waals surface area contributed by atoms with Crippen LogP contribution in [0.4, 0.5) is 5.82 Å². The molecule has 8 rings (SSSR count). The Balaban J connectivity index is 1.19. The molecule has 4 aliphatic rings. The molecule has 8 nitrogen and oxygen atoms in total. The van der Waals surface area contributed by atoms with Gasteiger partial charge in [-0.05, 0) is 93.2 Å². The summed E-state index contributed by atoms with van der Waals surface area (Å²) < 4.78 is 15.1. The molecule has 5 heterocycles. The topological polar surface area (TPSA) is 85.8 Å². The third-order valence-corrected chi connectivity index (χ3v) is 11.8. The van der Waals surface area contributed by atoms with E-state index in [0.29, 0.717) is 23.5 Å². The number of likely N-dealkylation sites (tertiary alicyclic amines) is 1. The lowest BCUT2D eigenvalue weighted by Crippen LogP contribution is -2.41. The smallest absolute Gasteiger partial charge is 0.254 e. The summed E-state index contributed by atoms with van der Waals surface area (Å²) in [4.78, 5) is 24.6. The Morgan fingerprint density at radius 3 is 2.56 bits per heavy atom. The summed E-state index contributed by atoms with van der Waals surface area (Å²) in [7, 11) is 3.52. The molecule has 2 unspecified atom stereocenters. The van der Waals surface area contributed by atoms with E-state index in [0.717, 1.165) is 79.2 Å². The first-order chi connectivity index (χ1) is 20.9. The quantitative estimate of drug-likeness (QED) is 0.288. The Bertz CT molecular complexity index is 1720. The maximum Gasteiger partial charge on any atom is 0.254 e. The molecule has 1 aromatic carbocycles. The normalized spacial score (nSPS) is 24.1. The van der Waals surface area contributed by atoms with Crippen molar-refractivity contribution in [3.8, 4) is 16.3 Å². The SMILES string of the molecule is COc1cc(C(=O)N2CC3CCC2[C@@H]3N)cc2sc(-c3cc4ccc(N5CCC(OC)CC5)nc4n3CC3CC3)c(C)c12. The molecule has 2 N–H and O–H groups in total. The maximum absolute atomic E-state index is 13.7. The van der Waals surface area contributed by atoms with Crippen molar-refractivity contribution in [2.45, 2.75) is 70.2 Å². The van der Waals surface area contributed by atoms with Gasteiger partial charge in [0.1, 0.15) is 17.2 Å². The number of fused-ring (bicyclic) bond motifs is 4. The minimum Gasteiger partial charge on any atom is -0.496 e. The second-order valence-corrected chi connectivity index (χ2v) is 14.2. The van der Waals surface area contributed by atoms with Crippen molar-refractivity contribution in [3.63, 3.8) is 0 Å². The molecule has 3 atom stereocenters. The van der Waals surface area contributed by atoms with Crippen molar-refractivity contribution in [2.24, 2.45) is 17.6 Å². The number of methoxy groups -OCH3 is 2. The highest BCUT2D eigenvalue weighted by Gasteiger charge is 2.47. The third kappa shape index (κ3) is 4.54. The summed E-state index contributed by atoms with van der Waals surface area (Å²) in [6, 6.07) is 11.0. The first-order valence-corrected chi connectivity index (χ1v) is 16.7. The molecule has 0 radical (unpaired) electrons. The molecule has 43 heavy (non-hydrogen) atoms. The van der Waals surface area contributed by atoms with Crippen molar-refractivity contribution in [3.05, 3.63) is 41.5 Å². The average molecular weight is 600 g/mol. The van der Waals surface area contributed by atoms with Crippen LogP contribution in [0.25, 0.3) is 31.7 Å². The molecular formula is C34H41N5O3S. The van der Waals surface area contributed by atoms with Crippen molar-refractivity contribution < 1.29 is 14.3 Å². The average Bonchev–Trinajstić information content (AvgIpc) is 3.44. The molecule has 2 saturated heterocycles. The van der Waals surface area contributed by atoms with Crippen LogP contribution in [0.3, 0.4) is 0 Å². The van der Waals surface area contributed by atoms with Crippen LogP contribution < -0.4 is 15.4 Å². The number of ether oxygens (including phenoxy) is 2. The number of aryl methyl sites for hydroxylation is 1. The number of nitrogens with zero attached hydrogens (tertiary/aromatic N) is 4. The number of benzene rings is 1. The van der Waals surface area contributed by atoms with E-state index in [1.165, 1.54) is 34.4 Å². The lowest BCUT2D eigenvalue weighted by atomic mass is 10.0. The summed E-state index contributed by atoms with van der Waals surface area (Å²) in [6.07, 6.45) is 7.09. The molecule has 4 aromatic rings. The largest absolute Gasteiger partial charge is 0.496 e. The van der Waals surface area contributed by atoms with E-state index < -0.39 is 0 Å². The molecule has 2 aliphatic heterocycles. The van der Waals surface area contributed by atoms with Gasteiger partial charge >= 0.3 is 0 Å². The van der Waals surface area contributed by atoms with E-state index in [1.54, 1.807) is 18.4 Å². The molecule has 4 fully saturated rings. The number of hydrogen-bond acceptors (Lipinski definition) is 7. The Labute approximate surface area is 256 Å². The zero-order valence-electron chi connectivity index (χ0n) is 25.3. The fourth-order valence-corrected chi connectivity index (χ4v) is 9.15. The molecule has 2 aliphatic carbocycles. The highest BCUT2D eigenvalue weighted by atomic mass is 32.1. The maximum atomic E-state index is 13.7. The zero-order chi connectivity index (χ0) is 29.4. The van der Waals surface area contributed by atoms with Gasteiger partial charge in [-0.1, -0.05) is 0 Å². The van der Waals surface area contributed by atoms with Crippen molar-refractivity contribution in [1.82, 2.24) is 14.5 Å². The van der Waals surface area contributed by atoms with Crippen LogP contribution in [0.15, 0.2) is 30.3 Å². The van der Waals surface area contributed by atoms with E-state index in [2.05, 4.69) is 40.7 Å². The summed E-state index contributed by atoms with van der Waals surface area (Å²) >= 11 is 1.76. The van der Waals surface area contributed by atoms with Crippen LogP contribution in [0.2, 0.25) is 0 Å². The van der Waals surface area contributed by atoms with Gasteiger partial charge in [0.2, 0.25) is 0 Å². The number of carbonyl (C=O) groups excluding carboxylic acids is 1. The van der Waals surface area contributed by atoms with Gasteiger partial charge in [-0.3, -0.25) is 4.79 Å². The standard InChI is InChI=1S/C34H41N5O3S/c1-19-30-27(42-3)15-23(34(40)39-18-22-6-8-25(39)31(22)35)16-28(30)43-32(19)26-14-21-7-9-29(37-12-10-24(41-2)11-13-37)36-33(21)38(26)17-20-4-5-20/h7,9,14-16,20,22,24-25,31H,4-6,8,10-13,17-18,35H2,1-3H3/t22?,25?,31-/m1/s1. The van der Waals surface area contributed by atoms with Gasteiger partial charge < -0.3 is 29.6 Å². The number of piperidine rings is 2. The Kier molecular flexibility index (Phi) is 6.69. The lowest BCUT2D eigenvalue weighted by molar-refractivity contribution is 0.0700. The molecular weight excluding hydrogens is 558 g/mol. The van der Waals surface area contributed by atoms with Gasteiger partial charge in [0.15, 0.2) is 0 Å². The third-order valence-electron chi connectivity index (χ3n) is 10.6. The predicted octanol–water partition coefficient (Wildman–Crippen LogP) is 5.82. The van der Waals surface area contributed by atoms with E-state index in [1.807, 2.05) is 18.1 Å². The number of aromatic nitrogens is 2. The number of amides is 1. The molecule has 1 amide bonds. The summed E-state index contributed by atoms with van der Waals surface area (Å²) in [5.41, 5.74) is 10.6. The van der Waals surface area contributed by atoms with E-state index in [9.17, 15) is 4.79 Å². The number of anilines is 1. The van der Waals surface area contributed by atoms with Crippen LogP contribution in [-0.4, -0.2) is 72.4 Å². The van der Waals surface area contributed by atoms with Crippen molar-refractivity contribution in [2.75, 3.05) is 38.8 Å². The number of nitrogens with two attached hydrogens (primary N) is 1. The number of thiophene rings is 1. The lowest BCUT2D eigenvalue weighted by Gasteiger charge is -2.32. The van der Waals surface area contributed by atoms with Crippen LogP contribution in [-0.2, 0) is 11.3 Å². The predicted molar refractivity (Wildman–Crippen MR) is 172 cm³/mol. The second-order valence-electron chi connectivity index (χ2n) is 13.1. The highest BCUT2D eigenvalue weighted by molar-refractivity contribution is 7.22. The first kappa shape index (κ1) is 27.4. The minimum absolute atomic E-state index is 0.0737. The monoisotopic (exact) mass is 599 g/mol. The highest BCUT2D eigenvalue weighted by Crippen LogP contribution is 2.46. The Morgan fingerprint density at radius 1 is 1.07 bits per heavy atom. The number of rotatable bonds is 7. The van der Waals surface area contributed by atoms with Gasteiger partial charge in [0, 0.05) is 66.4 Å². The number of carbonyl (C=O) groups is 1. The van der Waals surface area contributed by atoms with Crippen LogP contribution in [0, 0.1) is 18.8 Å². The minimum atomic E-state index is 0.0737. The fraction of sp³-hybridized carbons (Fsp3) is 0.529. The van der Waals surface area contributed by atoms with Crippen LogP contribution >= 0.6 is 11.3 Å². The van der Waals surface area contributed by atoms with Crippen LogP contribution in [0.1, 0.15) is 54.4 Å². The molecule has 226 valence electrons. The van der Waals surface area contributed by atoms with Gasteiger partial charge in [0.25, 0.3) is 5.91 Å². The zero-order valence-corrected chi connectivity index (χ0v) is 26.2. The van der Waals surface area contributed by atoms with Crippen molar-refractivity contribution >= 4 is 44.2 Å². The number of pyridine rings is 1. The van der Waals surface area contributed by atoms with Crippen LogP contribution in [0.5, 0.6) is 5.75 Å².